The van der Waals surface area contributed by atoms with Gasteiger partial charge in [-0.2, -0.15) is 5.26 Å². The van der Waals surface area contributed by atoms with Gasteiger partial charge in [0.15, 0.2) is 0 Å². The van der Waals surface area contributed by atoms with E-state index in [4.69, 9.17) is 5.26 Å². The van der Waals surface area contributed by atoms with E-state index in [-0.39, 0.29) is 5.91 Å². The molecule has 0 radical (unpaired) electrons. The number of fused-ring (bicyclic) bond motifs is 3. The molecule has 2 aromatic rings. The van der Waals surface area contributed by atoms with Gasteiger partial charge in [-0.25, -0.2) is 4.98 Å². The number of nitrogens with zero attached hydrogens (tertiary/aromatic N) is 5. The van der Waals surface area contributed by atoms with Gasteiger partial charge >= 0.3 is 0 Å². The molecule has 4 rings (SSSR count). The molecule has 1 N–H and O–H groups in total. The molecule has 1 fully saturated rings. The smallest absolute Gasteiger partial charge is 0.258 e. The molecule has 2 aromatic heterocycles. The number of rotatable bonds is 4. The normalized spacial score (nSPS) is 23.0. The van der Waals surface area contributed by atoms with E-state index >= 15 is 0 Å². The lowest BCUT2D eigenvalue weighted by Gasteiger charge is -2.44. The Labute approximate surface area is 159 Å². The molecule has 1 amide bonds. The summed E-state index contributed by atoms with van der Waals surface area (Å²) in [5.41, 5.74) is 2.57. The van der Waals surface area contributed by atoms with Crippen LogP contribution in [0.5, 0.6) is 0 Å². The van der Waals surface area contributed by atoms with Gasteiger partial charge < -0.3 is 14.8 Å². The van der Waals surface area contributed by atoms with E-state index in [1.807, 2.05) is 26.4 Å². The highest BCUT2D eigenvalue weighted by Gasteiger charge is 2.35. The Bertz CT molecular complexity index is 876. The van der Waals surface area contributed by atoms with Crippen molar-refractivity contribution in [3.8, 4) is 6.07 Å². The second-order valence-corrected chi connectivity index (χ2v) is 7.90. The van der Waals surface area contributed by atoms with Crippen LogP contribution in [0.2, 0.25) is 0 Å². The van der Waals surface area contributed by atoms with Crippen molar-refractivity contribution in [1.82, 2.24) is 19.8 Å². The Morgan fingerprint density at radius 1 is 1.37 bits per heavy atom. The number of H-pyrrole nitrogens is 1. The Kier molecular flexibility index (Phi) is 4.75. The first-order valence-corrected chi connectivity index (χ1v) is 9.62. The van der Waals surface area contributed by atoms with Gasteiger partial charge in [0, 0.05) is 37.4 Å². The molecule has 0 bridgehead atoms. The van der Waals surface area contributed by atoms with Crippen LogP contribution in [0.25, 0.3) is 11.0 Å². The summed E-state index contributed by atoms with van der Waals surface area (Å²) in [5.74, 6) is 0.691. The maximum Gasteiger partial charge on any atom is 0.258 e. The molecule has 0 saturated heterocycles. The van der Waals surface area contributed by atoms with Gasteiger partial charge in [-0.1, -0.05) is 0 Å². The second-order valence-electron chi connectivity index (χ2n) is 7.90. The van der Waals surface area contributed by atoms with E-state index < -0.39 is 0 Å². The van der Waals surface area contributed by atoms with Crippen molar-refractivity contribution in [2.45, 2.75) is 31.7 Å². The first-order chi connectivity index (χ1) is 13.1. The zero-order chi connectivity index (χ0) is 19.0. The van der Waals surface area contributed by atoms with Gasteiger partial charge in [-0.3, -0.25) is 9.69 Å². The maximum atomic E-state index is 12.7. The summed E-state index contributed by atoms with van der Waals surface area (Å²) in [5, 5.41) is 9.88. The first kappa shape index (κ1) is 17.8. The molecule has 2 aliphatic rings. The number of carbonyl (C=O) groups is 1. The molecule has 0 unspecified atom stereocenters. The fraction of sp³-hybridized carbons (Fsp3) is 0.550. The highest BCUT2D eigenvalue weighted by Crippen LogP contribution is 2.38. The zero-order valence-corrected chi connectivity index (χ0v) is 16.0. The molecule has 0 atom stereocenters. The minimum Gasteiger partial charge on any atom is -0.349 e. The molecule has 0 spiro atoms. The number of hydrogen-bond acceptors (Lipinski definition) is 5. The number of anilines is 1. The molecular weight excluding hydrogens is 340 g/mol. The quantitative estimate of drug-likeness (QED) is 0.841. The number of nitrogens with one attached hydrogen (secondary N) is 1. The Hall–Kier alpha value is -2.59. The largest absolute Gasteiger partial charge is 0.349 e. The van der Waals surface area contributed by atoms with Gasteiger partial charge in [0.1, 0.15) is 5.65 Å². The number of amides is 1. The SMILES string of the molecule is CN(CC#N)CC1CCC(N2CN(C)C(=O)c3cnc4[nH]ccc4c32)CC1. The molecule has 7 heteroatoms. The van der Waals surface area contributed by atoms with E-state index in [0.29, 0.717) is 30.7 Å². The summed E-state index contributed by atoms with van der Waals surface area (Å²) in [6.07, 6.45) is 8.14. The van der Waals surface area contributed by atoms with Crippen LogP contribution >= 0.6 is 0 Å². The number of aromatic amines is 1. The Balaban J connectivity index is 1.55. The summed E-state index contributed by atoms with van der Waals surface area (Å²) in [6.45, 7) is 2.10. The van der Waals surface area contributed by atoms with Gasteiger partial charge in [-0.05, 0) is 44.7 Å². The Morgan fingerprint density at radius 3 is 2.89 bits per heavy atom. The summed E-state index contributed by atoms with van der Waals surface area (Å²) >= 11 is 0. The minimum atomic E-state index is 0.0451. The number of hydrogen-bond donors (Lipinski definition) is 1. The van der Waals surface area contributed by atoms with Crippen molar-refractivity contribution in [3.63, 3.8) is 0 Å². The van der Waals surface area contributed by atoms with Gasteiger partial charge in [-0.15, -0.1) is 0 Å². The molecule has 27 heavy (non-hydrogen) atoms. The average Bonchev–Trinajstić information content (AvgIpc) is 3.14. The van der Waals surface area contributed by atoms with Gasteiger partial charge in [0.05, 0.1) is 30.5 Å². The lowest BCUT2D eigenvalue weighted by Crippen LogP contribution is -2.50. The van der Waals surface area contributed by atoms with E-state index in [9.17, 15) is 4.79 Å². The topological polar surface area (TPSA) is 79.3 Å². The lowest BCUT2D eigenvalue weighted by atomic mass is 9.84. The van der Waals surface area contributed by atoms with Crippen molar-refractivity contribution >= 4 is 22.6 Å². The fourth-order valence-electron chi connectivity index (χ4n) is 4.59. The zero-order valence-electron chi connectivity index (χ0n) is 16.0. The van der Waals surface area contributed by atoms with Crippen LogP contribution in [0.1, 0.15) is 36.0 Å². The van der Waals surface area contributed by atoms with E-state index in [2.05, 4.69) is 25.8 Å². The number of aromatic nitrogens is 2. The number of pyridine rings is 1. The van der Waals surface area contributed by atoms with Crippen LogP contribution in [0, 0.1) is 17.2 Å². The molecule has 7 nitrogen and oxygen atoms in total. The third-order valence-electron chi connectivity index (χ3n) is 5.95. The van der Waals surface area contributed by atoms with Crippen LogP contribution < -0.4 is 4.90 Å². The molecule has 142 valence electrons. The molecule has 1 aliphatic heterocycles. The summed E-state index contributed by atoms with van der Waals surface area (Å²) < 4.78 is 0. The van der Waals surface area contributed by atoms with Crippen LogP contribution in [-0.4, -0.2) is 65.6 Å². The highest BCUT2D eigenvalue weighted by molar-refractivity contribution is 6.08. The predicted molar refractivity (Wildman–Crippen MR) is 104 cm³/mol. The van der Waals surface area contributed by atoms with E-state index in [0.717, 1.165) is 48.9 Å². The first-order valence-electron chi connectivity index (χ1n) is 9.62. The van der Waals surface area contributed by atoms with Crippen molar-refractivity contribution in [3.05, 3.63) is 24.0 Å². The van der Waals surface area contributed by atoms with Crippen molar-refractivity contribution in [2.24, 2.45) is 5.92 Å². The van der Waals surface area contributed by atoms with Crippen LogP contribution in [0.15, 0.2) is 18.5 Å². The molecule has 1 saturated carbocycles. The monoisotopic (exact) mass is 366 g/mol. The third kappa shape index (κ3) is 3.26. The molecule has 0 aromatic carbocycles. The van der Waals surface area contributed by atoms with Crippen molar-refractivity contribution in [2.75, 3.05) is 38.8 Å². The predicted octanol–water partition coefficient (Wildman–Crippen LogP) is 2.43. The lowest BCUT2D eigenvalue weighted by molar-refractivity contribution is 0.0773. The fourth-order valence-corrected chi connectivity index (χ4v) is 4.59. The average molecular weight is 366 g/mol. The van der Waals surface area contributed by atoms with Crippen molar-refractivity contribution < 1.29 is 4.79 Å². The molecule has 1 aliphatic carbocycles. The second kappa shape index (κ2) is 7.20. The van der Waals surface area contributed by atoms with Crippen LogP contribution in [0.4, 0.5) is 5.69 Å². The standard InChI is InChI=1S/C20H26N6O/c1-24(10-8-21)12-14-3-5-15(6-4-14)26-13-25(2)20(27)17-11-23-19-16(18(17)26)7-9-22-19/h7,9,11,14-15H,3-6,10,12-13H2,1-2H3,(H,22,23). The summed E-state index contributed by atoms with van der Waals surface area (Å²) in [4.78, 5) is 26.6. The minimum absolute atomic E-state index is 0.0451. The van der Waals surface area contributed by atoms with Gasteiger partial charge in [0.2, 0.25) is 0 Å². The third-order valence-corrected chi connectivity index (χ3v) is 5.95. The van der Waals surface area contributed by atoms with E-state index in [1.165, 1.54) is 0 Å². The van der Waals surface area contributed by atoms with Crippen LogP contribution in [-0.2, 0) is 0 Å². The maximum absolute atomic E-state index is 12.7. The summed E-state index contributed by atoms with van der Waals surface area (Å²) in [6, 6.07) is 4.67. The molecule has 3 heterocycles. The number of carbonyl (C=O) groups excluding carboxylic acids is 1. The number of nitriles is 1. The van der Waals surface area contributed by atoms with Crippen molar-refractivity contribution in [1.29, 1.82) is 5.26 Å². The van der Waals surface area contributed by atoms with Gasteiger partial charge in [0.25, 0.3) is 5.91 Å². The summed E-state index contributed by atoms with van der Waals surface area (Å²) in [7, 11) is 3.88. The highest BCUT2D eigenvalue weighted by atomic mass is 16.2. The molecular formula is C20H26N6O. The Morgan fingerprint density at radius 2 is 2.15 bits per heavy atom. The van der Waals surface area contributed by atoms with Crippen LogP contribution in [0.3, 0.4) is 0 Å². The van der Waals surface area contributed by atoms with E-state index in [1.54, 1.807) is 11.1 Å².